The van der Waals surface area contributed by atoms with Crippen molar-refractivity contribution in [3.05, 3.63) is 29.8 Å². The van der Waals surface area contributed by atoms with Gasteiger partial charge in [0.1, 0.15) is 0 Å². The van der Waals surface area contributed by atoms with E-state index >= 15 is 0 Å². The summed E-state index contributed by atoms with van der Waals surface area (Å²) in [6.45, 7) is -0.732. The maximum Gasteiger partial charge on any atom is 0.415 e. The molecule has 0 saturated carbocycles. The van der Waals surface area contributed by atoms with E-state index in [4.69, 9.17) is 11.5 Å². The number of alkyl halides is 3. The van der Waals surface area contributed by atoms with E-state index in [0.29, 0.717) is 0 Å². The van der Waals surface area contributed by atoms with Crippen molar-refractivity contribution < 1.29 is 23.1 Å². The summed E-state index contributed by atoms with van der Waals surface area (Å²) >= 11 is 0. The molecule has 0 bridgehead atoms. The van der Waals surface area contributed by atoms with Crippen LogP contribution in [0.1, 0.15) is 12.0 Å². The van der Waals surface area contributed by atoms with Crippen LogP contribution in [-0.2, 0) is 5.54 Å². The van der Waals surface area contributed by atoms with E-state index in [1.54, 1.807) is 0 Å². The highest BCUT2D eigenvalue weighted by Gasteiger charge is 2.60. The molecule has 2 N–H and O–H groups in total. The molecule has 7 heteroatoms. The summed E-state index contributed by atoms with van der Waals surface area (Å²) in [7, 11) is 0. The van der Waals surface area contributed by atoms with Gasteiger partial charge in [-0.15, -0.1) is 0 Å². The smallest absolute Gasteiger partial charge is 0.396 e. The Labute approximate surface area is 113 Å². The highest BCUT2D eigenvalue weighted by Crippen LogP contribution is 2.47. The topological polar surface area (TPSA) is 52.6 Å². The molecule has 1 aromatic rings. The Kier molecular flexibility index (Phi) is 3.36. The van der Waals surface area contributed by atoms with Crippen molar-refractivity contribution in [2.75, 3.05) is 11.5 Å². The van der Waals surface area contributed by atoms with Gasteiger partial charge in [-0.2, -0.15) is 13.2 Å². The van der Waals surface area contributed by atoms with Gasteiger partial charge in [-0.05, 0) is 6.07 Å². The number of urea groups is 1. The first-order valence-electron chi connectivity index (χ1n) is 5.73. The maximum absolute atomic E-state index is 13.5. The summed E-state index contributed by atoms with van der Waals surface area (Å²) in [5.41, 5.74) is -2.83. The van der Waals surface area contributed by atoms with Gasteiger partial charge in [0.25, 0.3) is 0 Å². The van der Waals surface area contributed by atoms with Crippen molar-refractivity contribution >= 4 is 11.7 Å². The van der Waals surface area contributed by atoms with E-state index in [9.17, 15) is 18.0 Å². The Morgan fingerprint density at radius 3 is 2.60 bits per heavy atom. The van der Waals surface area contributed by atoms with Crippen LogP contribution in [0.25, 0.3) is 0 Å². The summed E-state index contributed by atoms with van der Waals surface area (Å²) in [4.78, 5) is 12.6. The summed E-state index contributed by atoms with van der Waals surface area (Å²) < 4.78 is 40.4. The predicted molar refractivity (Wildman–Crippen MR) is 65.7 cm³/mol. The molecule has 1 unspecified atom stereocenters. The van der Waals surface area contributed by atoms with E-state index in [1.807, 2.05) is 11.4 Å². The quantitative estimate of drug-likeness (QED) is 0.816. The number of aliphatic hydroxyl groups excluding tert-OH is 1. The molecule has 2 amide bonds. The number of hydrogen-bond acceptors (Lipinski definition) is 2. The van der Waals surface area contributed by atoms with E-state index in [0.717, 1.165) is 4.90 Å². The fraction of sp³-hybridized carbons (Fsp3) is 0.308. The number of amides is 2. The Morgan fingerprint density at radius 1 is 1.40 bits per heavy atom. The highest BCUT2D eigenvalue weighted by atomic mass is 19.4. The molecule has 1 heterocycles. The molecule has 20 heavy (non-hydrogen) atoms. The molecule has 0 aromatic heterocycles. The Morgan fingerprint density at radius 2 is 2.05 bits per heavy atom. The first-order valence-corrected chi connectivity index (χ1v) is 5.73. The van der Waals surface area contributed by atoms with Gasteiger partial charge in [0, 0.05) is 24.6 Å². The van der Waals surface area contributed by atoms with Crippen molar-refractivity contribution in [3.8, 4) is 12.5 Å². The summed E-state index contributed by atoms with van der Waals surface area (Å²) in [5.74, 6) is 0. The first kappa shape index (κ1) is 14.2. The van der Waals surface area contributed by atoms with Crippen LogP contribution in [-0.4, -0.2) is 23.9 Å². The Bertz CT molecular complexity index is 580. The SMILES string of the molecule is C#CN1C(=O)NC(CCO)(C(F)(F)F)c2ccccc21. The number of halogens is 3. The van der Waals surface area contributed by atoms with E-state index in [1.165, 1.54) is 24.3 Å². The number of rotatable bonds is 2. The second-order valence-electron chi connectivity index (χ2n) is 4.29. The number of benzene rings is 1. The lowest BCUT2D eigenvalue weighted by Crippen LogP contribution is -2.62. The number of carbonyl (C=O) groups excluding carboxylic acids is 1. The van der Waals surface area contributed by atoms with Crippen LogP contribution in [0.5, 0.6) is 0 Å². The molecule has 2 rings (SSSR count). The number of nitrogens with one attached hydrogen (secondary N) is 1. The van der Waals surface area contributed by atoms with Gasteiger partial charge >= 0.3 is 12.2 Å². The molecule has 0 aliphatic carbocycles. The molecule has 0 spiro atoms. The molecule has 0 saturated heterocycles. The van der Waals surface area contributed by atoms with Crippen LogP contribution < -0.4 is 10.2 Å². The van der Waals surface area contributed by atoms with Crippen molar-refractivity contribution in [3.63, 3.8) is 0 Å². The minimum absolute atomic E-state index is 0.00970. The Hall–Kier alpha value is -2.20. The number of fused-ring (bicyclic) bond motifs is 1. The third-order valence-electron chi connectivity index (χ3n) is 3.23. The lowest BCUT2D eigenvalue weighted by Gasteiger charge is -2.42. The molecule has 1 aliphatic rings. The predicted octanol–water partition coefficient (Wildman–Crippen LogP) is 1.95. The number of carbonyl (C=O) groups is 1. The minimum atomic E-state index is -4.76. The second kappa shape index (κ2) is 4.72. The van der Waals surface area contributed by atoms with Gasteiger partial charge in [0.05, 0.1) is 5.69 Å². The molecule has 1 aromatic carbocycles. The number of nitrogens with zero attached hydrogens (tertiary/aromatic N) is 1. The lowest BCUT2D eigenvalue weighted by atomic mass is 9.83. The van der Waals surface area contributed by atoms with E-state index < -0.39 is 30.8 Å². The van der Waals surface area contributed by atoms with Gasteiger partial charge < -0.3 is 10.4 Å². The standard InChI is InChI=1S/C13H11F3N2O2/c1-2-18-10-6-4-3-5-9(10)12(7-8-19,13(14,15)16)17-11(18)20/h1,3-6,19H,7-8H2,(H,17,20). The molecule has 0 radical (unpaired) electrons. The molecule has 1 aliphatic heterocycles. The van der Waals surface area contributed by atoms with Gasteiger partial charge in [-0.3, -0.25) is 0 Å². The third-order valence-corrected chi connectivity index (χ3v) is 3.23. The maximum atomic E-state index is 13.5. The number of terminal acetylenes is 1. The number of para-hydroxylation sites is 1. The summed E-state index contributed by atoms with van der Waals surface area (Å²) in [6.07, 6.45) is -0.280. The van der Waals surface area contributed by atoms with Gasteiger partial charge in [0.2, 0.25) is 0 Å². The molecular formula is C13H11F3N2O2. The molecule has 4 nitrogen and oxygen atoms in total. The summed E-state index contributed by atoms with van der Waals surface area (Å²) in [6, 6.07) is 6.47. The molecule has 1 atom stereocenters. The molecular weight excluding hydrogens is 273 g/mol. The van der Waals surface area contributed by atoms with E-state index in [-0.39, 0.29) is 11.3 Å². The van der Waals surface area contributed by atoms with Gasteiger partial charge in [0.15, 0.2) is 5.54 Å². The molecule has 106 valence electrons. The van der Waals surface area contributed by atoms with Crippen molar-refractivity contribution in [2.45, 2.75) is 18.1 Å². The number of aliphatic hydroxyl groups is 1. The average Bonchev–Trinajstić information content (AvgIpc) is 2.38. The van der Waals surface area contributed by atoms with Crippen molar-refractivity contribution in [1.29, 1.82) is 0 Å². The fourth-order valence-electron chi connectivity index (χ4n) is 2.30. The van der Waals surface area contributed by atoms with E-state index in [2.05, 4.69) is 0 Å². The number of anilines is 1. The van der Waals surface area contributed by atoms with Crippen molar-refractivity contribution in [2.24, 2.45) is 0 Å². The zero-order valence-corrected chi connectivity index (χ0v) is 10.2. The zero-order chi connectivity index (χ0) is 15.0. The monoisotopic (exact) mass is 284 g/mol. The van der Waals surface area contributed by atoms with Gasteiger partial charge in [-0.25, -0.2) is 9.69 Å². The van der Waals surface area contributed by atoms with Crippen LogP contribution in [0.2, 0.25) is 0 Å². The average molecular weight is 284 g/mol. The molecule has 0 fully saturated rings. The zero-order valence-electron chi connectivity index (χ0n) is 10.2. The van der Waals surface area contributed by atoms with Gasteiger partial charge in [-0.1, -0.05) is 24.6 Å². The summed E-state index contributed by atoms with van der Waals surface area (Å²) in [5, 5.41) is 10.9. The van der Waals surface area contributed by atoms with Crippen LogP contribution in [0.4, 0.5) is 23.7 Å². The normalized spacial score (nSPS) is 21.9. The largest absolute Gasteiger partial charge is 0.415 e. The highest BCUT2D eigenvalue weighted by molar-refractivity contribution is 5.99. The lowest BCUT2D eigenvalue weighted by molar-refractivity contribution is -0.202. The second-order valence-corrected chi connectivity index (χ2v) is 4.29. The van der Waals surface area contributed by atoms with Crippen molar-refractivity contribution in [1.82, 2.24) is 5.32 Å². The van der Waals surface area contributed by atoms with Crippen LogP contribution in [0, 0.1) is 12.5 Å². The fourth-order valence-corrected chi connectivity index (χ4v) is 2.30. The first-order chi connectivity index (χ1) is 9.37. The number of hydrogen-bond donors (Lipinski definition) is 2. The minimum Gasteiger partial charge on any atom is -0.396 e. The van der Waals surface area contributed by atoms with Crippen LogP contribution in [0.3, 0.4) is 0 Å². The van der Waals surface area contributed by atoms with Crippen LogP contribution in [0.15, 0.2) is 24.3 Å². The Balaban J connectivity index is 2.72. The third kappa shape index (κ3) is 1.89. The van der Waals surface area contributed by atoms with Crippen LogP contribution >= 0.6 is 0 Å².